The van der Waals surface area contributed by atoms with Crippen LogP contribution < -0.4 is 26.6 Å². The van der Waals surface area contributed by atoms with Gasteiger partial charge in [0.05, 0.1) is 24.4 Å². The number of ether oxygens (including phenoxy) is 2. The molecule has 4 aliphatic rings. The molecule has 0 aliphatic carbocycles. The number of carbonyl (C=O) groups excluding carboxylic acids is 2. The van der Waals surface area contributed by atoms with Gasteiger partial charge in [-0.15, -0.1) is 0 Å². The average molecular weight is 673 g/mol. The van der Waals surface area contributed by atoms with Crippen molar-refractivity contribution in [1.29, 1.82) is 0 Å². The number of rotatable bonds is 6. The third kappa shape index (κ3) is 7.62. The number of benzene rings is 4. The Morgan fingerprint density at radius 1 is 0.617 bits per heavy atom. The minimum Gasteiger partial charge on any atom is -0.367 e. The van der Waals surface area contributed by atoms with Gasteiger partial charge in [0.25, 0.3) is 5.91 Å². The highest BCUT2D eigenvalue weighted by Crippen LogP contribution is 2.38. The number of hydrogen-bond acceptors (Lipinski definition) is 6. The van der Waals surface area contributed by atoms with Crippen LogP contribution in [0.5, 0.6) is 0 Å². The molecule has 0 radical (unpaired) electrons. The van der Waals surface area contributed by atoms with Gasteiger partial charge in [0, 0.05) is 57.8 Å². The maximum absolute atomic E-state index is 12.2. The molecule has 47 heavy (non-hydrogen) atoms. The van der Waals surface area contributed by atoms with Gasteiger partial charge < -0.3 is 36.1 Å². The Bertz CT molecular complexity index is 1740. The summed E-state index contributed by atoms with van der Waals surface area (Å²) in [6.45, 7) is 1.89. The van der Waals surface area contributed by atoms with Crippen LogP contribution in [-0.2, 0) is 9.47 Å². The molecule has 4 heterocycles. The lowest BCUT2D eigenvalue weighted by atomic mass is 10.0. The van der Waals surface area contributed by atoms with E-state index in [-0.39, 0.29) is 24.1 Å². The number of anilines is 3. The predicted octanol–water partition coefficient (Wildman–Crippen LogP) is 7.18. The third-order valence-electron chi connectivity index (χ3n) is 8.82. The number of fused-ring (bicyclic) bond motifs is 4. The van der Waals surface area contributed by atoms with Gasteiger partial charge in [-0.1, -0.05) is 53.5 Å². The molecule has 0 saturated carbocycles. The molecular weight excluding hydrogens is 637 g/mol. The molecule has 0 aromatic heterocycles. The zero-order valence-corrected chi connectivity index (χ0v) is 26.9. The molecule has 9 nitrogen and oxygen atoms in total. The van der Waals surface area contributed by atoms with E-state index in [1.807, 2.05) is 48.5 Å². The number of halogens is 2. The first-order valence-corrected chi connectivity index (χ1v) is 16.5. The van der Waals surface area contributed by atoms with E-state index in [4.69, 9.17) is 32.7 Å². The van der Waals surface area contributed by atoms with Crippen molar-refractivity contribution in [2.45, 2.75) is 49.3 Å². The molecular formula is C36H35Cl2N5O4. The lowest BCUT2D eigenvalue weighted by Crippen LogP contribution is -2.34. The molecule has 5 N–H and O–H groups in total. The summed E-state index contributed by atoms with van der Waals surface area (Å²) in [4.78, 5) is 24.3. The third-order valence-corrected chi connectivity index (χ3v) is 9.30. The van der Waals surface area contributed by atoms with E-state index in [0.29, 0.717) is 45.6 Å². The number of hydrogen-bond donors (Lipinski definition) is 5. The quantitative estimate of drug-likeness (QED) is 0.148. The van der Waals surface area contributed by atoms with Crippen LogP contribution in [0, 0.1) is 0 Å². The number of amides is 3. The van der Waals surface area contributed by atoms with Gasteiger partial charge >= 0.3 is 6.03 Å². The highest BCUT2D eigenvalue weighted by molar-refractivity contribution is 6.31. The number of nitrogens with one attached hydrogen (secondary N) is 5. The minimum absolute atomic E-state index is 0.0569. The van der Waals surface area contributed by atoms with Gasteiger partial charge in [-0.3, -0.25) is 4.79 Å². The van der Waals surface area contributed by atoms with Crippen LogP contribution in [0.3, 0.4) is 0 Å². The molecule has 6 atom stereocenters. The first-order chi connectivity index (χ1) is 22.9. The monoisotopic (exact) mass is 671 g/mol. The summed E-state index contributed by atoms with van der Waals surface area (Å²) in [5.41, 5.74) is 4.96. The van der Waals surface area contributed by atoms with Crippen LogP contribution in [0.4, 0.5) is 21.9 Å². The van der Waals surface area contributed by atoms with E-state index in [1.165, 1.54) is 0 Å². The first-order valence-electron chi connectivity index (χ1n) is 15.7. The van der Waals surface area contributed by atoms with Crippen molar-refractivity contribution >= 4 is 52.2 Å². The van der Waals surface area contributed by atoms with Gasteiger partial charge in [0.1, 0.15) is 0 Å². The van der Waals surface area contributed by atoms with Gasteiger partial charge in [-0.25, -0.2) is 4.79 Å². The maximum Gasteiger partial charge on any atom is 0.323 e. The van der Waals surface area contributed by atoms with Crippen LogP contribution >= 0.6 is 23.2 Å². The Balaban J connectivity index is 0.000000150. The van der Waals surface area contributed by atoms with Gasteiger partial charge in [0.15, 0.2) is 0 Å². The summed E-state index contributed by atoms with van der Waals surface area (Å²) < 4.78 is 12.0. The van der Waals surface area contributed by atoms with Gasteiger partial charge in [0.2, 0.25) is 0 Å². The molecule has 4 aromatic carbocycles. The molecule has 242 valence electrons. The summed E-state index contributed by atoms with van der Waals surface area (Å²) in [6.07, 6.45) is 2.96. The van der Waals surface area contributed by atoms with Crippen LogP contribution in [0.25, 0.3) is 0 Å². The van der Waals surface area contributed by atoms with Crippen LogP contribution in [0.15, 0.2) is 97.1 Å². The van der Waals surface area contributed by atoms with Crippen molar-refractivity contribution in [3.63, 3.8) is 0 Å². The molecule has 3 amide bonds. The molecule has 8 rings (SSSR count). The summed E-state index contributed by atoms with van der Waals surface area (Å²) >= 11 is 11.8. The number of morpholine rings is 2. The maximum atomic E-state index is 12.2. The second-order valence-corrected chi connectivity index (χ2v) is 13.0. The summed E-state index contributed by atoms with van der Waals surface area (Å²) in [5.74, 6) is -0.146. The highest BCUT2D eigenvalue weighted by Gasteiger charge is 2.42. The lowest BCUT2D eigenvalue weighted by Gasteiger charge is -2.24. The molecule has 4 fully saturated rings. The second-order valence-electron chi connectivity index (χ2n) is 12.2. The predicted molar refractivity (Wildman–Crippen MR) is 184 cm³/mol. The fourth-order valence-corrected chi connectivity index (χ4v) is 6.89. The second kappa shape index (κ2) is 14.0. The first kappa shape index (κ1) is 31.6. The van der Waals surface area contributed by atoms with Crippen LogP contribution in [0.2, 0.25) is 10.0 Å². The highest BCUT2D eigenvalue weighted by atomic mass is 35.5. The van der Waals surface area contributed by atoms with E-state index in [9.17, 15) is 9.59 Å². The van der Waals surface area contributed by atoms with Crippen molar-refractivity contribution in [2.75, 3.05) is 29.0 Å². The van der Waals surface area contributed by atoms with Crippen molar-refractivity contribution in [3.05, 3.63) is 124 Å². The summed E-state index contributed by atoms with van der Waals surface area (Å²) in [6, 6.07) is 30.0. The van der Waals surface area contributed by atoms with E-state index >= 15 is 0 Å². The summed E-state index contributed by atoms with van der Waals surface area (Å²) in [7, 11) is 0. The minimum atomic E-state index is -0.304. The van der Waals surface area contributed by atoms with Crippen molar-refractivity contribution in [1.82, 2.24) is 10.6 Å². The Labute approximate surface area is 283 Å². The Hall–Kier alpha value is -3.96. The zero-order chi connectivity index (χ0) is 32.3. The SMILES string of the molecule is O=C(Nc1ccc([C@@H]2O[C@H]3CN[C@@H]2C3)cc1)c1ccc(Cl)cc1.O=C(Nc1cccc(Cl)c1)Nc1cccc([C@@H]2O[C@H]3CN[C@@H]2C3)c1. The molecule has 4 saturated heterocycles. The largest absolute Gasteiger partial charge is 0.367 e. The molecule has 4 aliphatic heterocycles. The molecule has 4 bridgehead atoms. The van der Waals surface area contributed by atoms with Crippen molar-refractivity contribution < 1.29 is 19.1 Å². The zero-order valence-electron chi connectivity index (χ0n) is 25.4. The lowest BCUT2D eigenvalue weighted by molar-refractivity contribution is 0.0160. The fourth-order valence-electron chi connectivity index (χ4n) is 6.57. The van der Waals surface area contributed by atoms with Crippen LogP contribution in [-0.4, -0.2) is 49.3 Å². The fraction of sp³-hybridized carbons (Fsp3) is 0.278. The van der Waals surface area contributed by atoms with E-state index in [2.05, 4.69) is 26.6 Å². The average Bonchev–Trinajstić information content (AvgIpc) is 3.90. The van der Waals surface area contributed by atoms with Crippen molar-refractivity contribution in [3.8, 4) is 0 Å². The number of carbonyl (C=O) groups is 2. The number of urea groups is 1. The Morgan fingerprint density at radius 2 is 1.21 bits per heavy atom. The Kier molecular flexibility index (Phi) is 9.44. The summed E-state index contributed by atoms with van der Waals surface area (Å²) in [5, 5.41) is 16.6. The standard InChI is InChI=1S/C18H18ClN3O2.C18H17ClN2O2/c19-12-4-2-6-14(8-12)22-18(23)21-13-5-1-3-11(7-13)17-16-9-15(24-17)10-20-16;19-13-5-1-12(2-6-13)18(22)21-14-7-3-11(4-8-14)17-16-9-15(23-17)10-20-16/h1-8,15-17,20H,9-10H2,(H2,21,22,23);1-8,15-17,20H,9-10H2,(H,21,22)/t2*15-,16-,17+/m11/s1. The molecule has 4 aromatic rings. The normalized spacial score (nSPS) is 25.1. The molecule has 11 heteroatoms. The van der Waals surface area contributed by atoms with Gasteiger partial charge in [-0.05, 0) is 90.7 Å². The van der Waals surface area contributed by atoms with Crippen LogP contribution in [0.1, 0.15) is 46.5 Å². The van der Waals surface area contributed by atoms with Gasteiger partial charge in [-0.2, -0.15) is 0 Å². The Morgan fingerprint density at radius 3 is 1.79 bits per heavy atom. The topological polar surface area (TPSA) is 113 Å². The van der Waals surface area contributed by atoms with E-state index in [0.717, 1.165) is 48.4 Å². The van der Waals surface area contributed by atoms with E-state index in [1.54, 1.807) is 48.5 Å². The smallest absolute Gasteiger partial charge is 0.323 e. The molecule has 0 unspecified atom stereocenters. The molecule has 0 spiro atoms. The van der Waals surface area contributed by atoms with E-state index < -0.39 is 0 Å². The van der Waals surface area contributed by atoms with Crippen molar-refractivity contribution in [2.24, 2.45) is 0 Å².